The van der Waals surface area contributed by atoms with Crippen LogP contribution in [-0.4, -0.2) is 54.5 Å². The van der Waals surface area contributed by atoms with Crippen molar-refractivity contribution in [3.63, 3.8) is 0 Å². The predicted molar refractivity (Wildman–Crippen MR) is 101 cm³/mol. The number of carbonyl (C=O) groups excluding carboxylic acids is 2. The minimum atomic E-state index is -0.413. The summed E-state index contributed by atoms with van der Waals surface area (Å²) in [5.74, 6) is -0.795. The van der Waals surface area contributed by atoms with E-state index in [9.17, 15) is 14.0 Å². The molecule has 1 fully saturated rings. The van der Waals surface area contributed by atoms with Crippen LogP contribution in [-0.2, 0) is 4.74 Å². The number of amides is 1. The van der Waals surface area contributed by atoms with Crippen LogP contribution in [0.5, 0.6) is 0 Å². The summed E-state index contributed by atoms with van der Waals surface area (Å²) in [7, 11) is 0. The Morgan fingerprint density at radius 1 is 1.11 bits per heavy atom. The maximum atomic E-state index is 13.1. The van der Waals surface area contributed by atoms with E-state index in [0.717, 1.165) is 5.69 Å². The van der Waals surface area contributed by atoms with Crippen molar-refractivity contribution in [2.75, 3.05) is 37.7 Å². The number of carbonyl (C=O) groups is 2. The van der Waals surface area contributed by atoms with Gasteiger partial charge in [0.2, 0.25) is 0 Å². The van der Waals surface area contributed by atoms with Crippen LogP contribution in [0.15, 0.2) is 24.3 Å². The number of nitrogens with zero attached hydrogens (tertiary/aromatic N) is 2. The average molecular weight is 373 g/mol. The molecule has 1 aromatic heterocycles. The molecule has 0 unspecified atom stereocenters. The highest BCUT2D eigenvalue weighted by molar-refractivity contribution is 6.00. The number of halogens is 1. The fourth-order valence-corrected chi connectivity index (χ4v) is 3.45. The normalized spacial score (nSPS) is 14.4. The van der Waals surface area contributed by atoms with Gasteiger partial charge in [-0.2, -0.15) is 0 Å². The standard InChI is InChI=1S/C20H24FN3O3/c1-4-27-20(26)17-13(2)18(22-14(17)3)19(25)24-11-9-23(10-12-24)16-7-5-15(21)6-8-16/h5-8,22H,4,9-12H2,1-3H3. The Hall–Kier alpha value is -2.83. The molecule has 0 spiro atoms. The van der Waals surface area contributed by atoms with Crippen molar-refractivity contribution in [3.05, 3.63) is 52.6 Å². The van der Waals surface area contributed by atoms with E-state index in [1.54, 1.807) is 37.8 Å². The Bertz CT molecular complexity index is 837. The highest BCUT2D eigenvalue weighted by Crippen LogP contribution is 2.22. The van der Waals surface area contributed by atoms with E-state index < -0.39 is 5.97 Å². The molecular weight excluding hydrogens is 349 g/mol. The third kappa shape index (κ3) is 3.82. The third-order valence-corrected chi connectivity index (χ3v) is 4.89. The van der Waals surface area contributed by atoms with Gasteiger partial charge in [-0.05, 0) is 50.6 Å². The van der Waals surface area contributed by atoms with Crippen LogP contribution in [0, 0.1) is 19.7 Å². The molecule has 3 rings (SSSR count). The largest absolute Gasteiger partial charge is 0.462 e. The molecule has 2 heterocycles. The average Bonchev–Trinajstić information content (AvgIpc) is 2.96. The van der Waals surface area contributed by atoms with Crippen molar-refractivity contribution in [2.24, 2.45) is 0 Å². The van der Waals surface area contributed by atoms with Gasteiger partial charge in [-0.25, -0.2) is 9.18 Å². The Labute approximate surface area is 157 Å². The molecule has 144 valence electrons. The Morgan fingerprint density at radius 2 is 1.74 bits per heavy atom. The molecule has 1 aromatic carbocycles. The van der Waals surface area contributed by atoms with Gasteiger partial charge in [-0.3, -0.25) is 4.79 Å². The monoisotopic (exact) mass is 373 g/mol. The lowest BCUT2D eigenvalue weighted by atomic mass is 10.1. The topological polar surface area (TPSA) is 65.6 Å². The van der Waals surface area contributed by atoms with Gasteiger partial charge >= 0.3 is 5.97 Å². The van der Waals surface area contributed by atoms with Gasteiger partial charge in [0.1, 0.15) is 11.5 Å². The molecule has 0 aliphatic carbocycles. The van der Waals surface area contributed by atoms with Gasteiger partial charge in [0.25, 0.3) is 5.91 Å². The van der Waals surface area contributed by atoms with E-state index in [1.165, 1.54) is 12.1 Å². The third-order valence-electron chi connectivity index (χ3n) is 4.89. The van der Waals surface area contributed by atoms with E-state index in [0.29, 0.717) is 48.7 Å². The van der Waals surface area contributed by atoms with Crippen LogP contribution in [0.3, 0.4) is 0 Å². The number of anilines is 1. The lowest BCUT2D eigenvalue weighted by molar-refractivity contribution is 0.0525. The zero-order valence-corrected chi connectivity index (χ0v) is 15.8. The van der Waals surface area contributed by atoms with Crippen LogP contribution in [0.4, 0.5) is 10.1 Å². The zero-order chi connectivity index (χ0) is 19.6. The smallest absolute Gasteiger partial charge is 0.340 e. The lowest BCUT2D eigenvalue weighted by Crippen LogP contribution is -2.49. The molecule has 2 aromatic rings. The first-order valence-corrected chi connectivity index (χ1v) is 9.08. The molecule has 27 heavy (non-hydrogen) atoms. The zero-order valence-electron chi connectivity index (χ0n) is 15.8. The molecule has 0 radical (unpaired) electrons. The predicted octanol–water partition coefficient (Wildman–Crippen LogP) is 2.91. The Balaban J connectivity index is 1.70. The number of hydrogen-bond acceptors (Lipinski definition) is 4. The molecule has 0 bridgehead atoms. The summed E-state index contributed by atoms with van der Waals surface area (Å²) in [4.78, 5) is 32.0. The van der Waals surface area contributed by atoms with Gasteiger partial charge in [-0.15, -0.1) is 0 Å². The lowest BCUT2D eigenvalue weighted by Gasteiger charge is -2.36. The molecule has 1 aliphatic rings. The molecule has 1 aliphatic heterocycles. The van der Waals surface area contributed by atoms with E-state index in [2.05, 4.69) is 9.88 Å². The summed E-state index contributed by atoms with van der Waals surface area (Å²) in [6.07, 6.45) is 0. The quantitative estimate of drug-likeness (QED) is 0.837. The Kier molecular flexibility index (Phi) is 5.48. The number of benzene rings is 1. The van der Waals surface area contributed by atoms with Crippen LogP contribution >= 0.6 is 0 Å². The second-order valence-electron chi connectivity index (χ2n) is 6.60. The van der Waals surface area contributed by atoms with E-state index in [-0.39, 0.29) is 18.3 Å². The second kappa shape index (κ2) is 7.82. The van der Waals surface area contributed by atoms with Crippen molar-refractivity contribution < 1.29 is 18.7 Å². The molecule has 0 saturated carbocycles. The van der Waals surface area contributed by atoms with Crippen molar-refractivity contribution >= 4 is 17.6 Å². The highest BCUT2D eigenvalue weighted by Gasteiger charge is 2.28. The summed E-state index contributed by atoms with van der Waals surface area (Å²) in [5.41, 5.74) is 3.08. The van der Waals surface area contributed by atoms with Crippen molar-refractivity contribution in [3.8, 4) is 0 Å². The number of rotatable bonds is 4. The van der Waals surface area contributed by atoms with Gasteiger partial charge in [0, 0.05) is 37.6 Å². The number of aromatic nitrogens is 1. The number of piperazine rings is 1. The number of aryl methyl sites for hydroxylation is 1. The fraction of sp³-hybridized carbons (Fsp3) is 0.400. The van der Waals surface area contributed by atoms with Gasteiger partial charge in [0.15, 0.2) is 0 Å². The SMILES string of the molecule is CCOC(=O)c1c(C)[nH]c(C(=O)N2CCN(c3ccc(F)cc3)CC2)c1C. The first kappa shape index (κ1) is 18.9. The highest BCUT2D eigenvalue weighted by atomic mass is 19.1. The van der Waals surface area contributed by atoms with Crippen molar-refractivity contribution in [2.45, 2.75) is 20.8 Å². The number of ether oxygens (including phenoxy) is 1. The van der Waals surface area contributed by atoms with Gasteiger partial charge < -0.3 is 19.5 Å². The molecule has 7 heteroatoms. The van der Waals surface area contributed by atoms with Crippen molar-refractivity contribution in [1.29, 1.82) is 0 Å². The first-order valence-electron chi connectivity index (χ1n) is 9.08. The first-order chi connectivity index (χ1) is 12.9. The minimum Gasteiger partial charge on any atom is -0.462 e. The fourth-order valence-electron chi connectivity index (χ4n) is 3.45. The maximum absolute atomic E-state index is 13.1. The number of nitrogens with one attached hydrogen (secondary N) is 1. The van der Waals surface area contributed by atoms with Crippen molar-refractivity contribution in [1.82, 2.24) is 9.88 Å². The summed E-state index contributed by atoms with van der Waals surface area (Å²) >= 11 is 0. The van der Waals surface area contributed by atoms with Gasteiger partial charge in [-0.1, -0.05) is 0 Å². The summed E-state index contributed by atoms with van der Waals surface area (Å²) in [6.45, 7) is 8.02. The van der Waals surface area contributed by atoms with E-state index >= 15 is 0 Å². The van der Waals surface area contributed by atoms with Gasteiger partial charge in [0.05, 0.1) is 12.2 Å². The number of hydrogen-bond donors (Lipinski definition) is 1. The van der Waals surface area contributed by atoms with Crippen LogP contribution in [0.1, 0.15) is 39.0 Å². The summed E-state index contributed by atoms with van der Waals surface area (Å²) in [5, 5.41) is 0. The maximum Gasteiger partial charge on any atom is 0.340 e. The molecule has 1 N–H and O–H groups in total. The van der Waals surface area contributed by atoms with Crippen LogP contribution < -0.4 is 4.90 Å². The Morgan fingerprint density at radius 3 is 2.33 bits per heavy atom. The molecule has 1 saturated heterocycles. The molecule has 6 nitrogen and oxygen atoms in total. The minimum absolute atomic E-state index is 0.120. The summed E-state index contributed by atoms with van der Waals surface area (Å²) < 4.78 is 18.2. The molecule has 1 amide bonds. The number of esters is 1. The van der Waals surface area contributed by atoms with E-state index in [1.807, 2.05) is 0 Å². The van der Waals surface area contributed by atoms with Crippen LogP contribution in [0.2, 0.25) is 0 Å². The summed E-state index contributed by atoms with van der Waals surface area (Å²) in [6, 6.07) is 6.37. The molecule has 0 atom stereocenters. The molecular formula is C20H24FN3O3. The second-order valence-corrected chi connectivity index (χ2v) is 6.60. The number of aromatic amines is 1. The van der Waals surface area contributed by atoms with Crippen LogP contribution in [0.25, 0.3) is 0 Å². The van der Waals surface area contributed by atoms with E-state index in [4.69, 9.17) is 4.74 Å². The number of H-pyrrole nitrogens is 1.